The van der Waals surface area contributed by atoms with Crippen LogP contribution in [0.15, 0.2) is 24.8 Å². The molecule has 0 spiro atoms. The summed E-state index contributed by atoms with van der Waals surface area (Å²) in [6.45, 7) is 0.225. The Balaban J connectivity index is 1.61. The van der Waals surface area contributed by atoms with E-state index in [0.29, 0.717) is 23.5 Å². The Morgan fingerprint density at radius 2 is 2.08 bits per heavy atom. The molecule has 11 heteroatoms. The number of aliphatic hydroxyl groups is 3. The van der Waals surface area contributed by atoms with Crippen molar-refractivity contribution < 1.29 is 20.1 Å². The molecule has 9 nitrogen and oxygen atoms in total. The third-order valence-electron chi connectivity index (χ3n) is 4.21. The lowest BCUT2D eigenvalue weighted by Gasteiger charge is -2.16. The second-order valence-electron chi connectivity index (χ2n) is 5.83. The first-order valence-corrected chi connectivity index (χ1v) is 9.76. The average Bonchev–Trinajstić information content (AvgIpc) is 3.32. The zero-order valence-corrected chi connectivity index (χ0v) is 16.3. The molecule has 1 fully saturated rings. The van der Waals surface area contributed by atoms with Crippen LogP contribution in [0.1, 0.15) is 11.1 Å². The molecule has 0 radical (unpaired) electrons. The maximum absolute atomic E-state index is 10.2. The number of halogens is 1. The number of nitrogens with zero attached hydrogens (tertiary/aromatic N) is 4. The van der Waals surface area contributed by atoms with Crippen molar-refractivity contribution in [2.45, 2.75) is 31.1 Å². The molecule has 1 saturated heterocycles. The number of ether oxygens (including phenoxy) is 1. The molecule has 0 aliphatic carbocycles. The molecule has 26 heavy (non-hydrogen) atoms. The van der Waals surface area contributed by atoms with Crippen LogP contribution in [0.5, 0.6) is 0 Å². The summed E-state index contributed by atoms with van der Waals surface area (Å²) in [4.78, 5) is 14.0. The van der Waals surface area contributed by atoms with Gasteiger partial charge in [0.2, 0.25) is 0 Å². The fourth-order valence-electron chi connectivity index (χ4n) is 2.89. The van der Waals surface area contributed by atoms with E-state index < -0.39 is 24.5 Å². The normalized spacial score (nSPS) is 25.8. The fourth-order valence-corrected chi connectivity index (χ4v) is 4.59. The number of nitrogens with one attached hydrogen (secondary N) is 1. The molecule has 3 aromatic rings. The quantitative estimate of drug-likeness (QED) is 0.387. The van der Waals surface area contributed by atoms with Crippen LogP contribution >= 0.6 is 33.9 Å². The van der Waals surface area contributed by atoms with E-state index in [-0.39, 0.29) is 6.61 Å². The minimum absolute atomic E-state index is 0.386. The van der Waals surface area contributed by atoms with Gasteiger partial charge in [0.05, 0.1) is 22.4 Å². The Morgan fingerprint density at radius 1 is 1.23 bits per heavy atom. The topological polar surface area (TPSA) is 126 Å². The van der Waals surface area contributed by atoms with Gasteiger partial charge in [-0.05, 0) is 34.7 Å². The smallest absolute Gasteiger partial charge is 0.167 e. The van der Waals surface area contributed by atoms with Crippen LogP contribution in [0.4, 0.5) is 5.82 Å². The molecule has 1 aliphatic heterocycles. The summed E-state index contributed by atoms with van der Waals surface area (Å²) in [5, 5.41) is 32.7. The maximum Gasteiger partial charge on any atom is 0.167 e. The Kier molecular flexibility index (Phi) is 5.07. The number of hydrogen-bond donors (Lipinski definition) is 4. The van der Waals surface area contributed by atoms with Gasteiger partial charge in [-0.3, -0.25) is 4.57 Å². The highest BCUT2D eigenvalue weighted by molar-refractivity contribution is 14.1. The van der Waals surface area contributed by atoms with Crippen molar-refractivity contribution >= 4 is 50.9 Å². The predicted molar refractivity (Wildman–Crippen MR) is 103 cm³/mol. The Labute approximate surface area is 165 Å². The minimum Gasteiger partial charge on any atom is -0.394 e. The van der Waals surface area contributed by atoms with E-state index in [1.54, 1.807) is 15.9 Å². The third-order valence-corrected chi connectivity index (χ3v) is 6.10. The van der Waals surface area contributed by atoms with Gasteiger partial charge < -0.3 is 25.4 Å². The van der Waals surface area contributed by atoms with Gasteiger partial charge in [-0.2, -0.15) is 0 Å². The number of hydrogen-bond acceptors (Lipinski definition) is 9. The summed E-state index contributed by atoms with van der Waals surface area (Å²) in [5.41, 5.74) is 1.01. The van der Waals surface area contributed by atoms with Gasteiger partial charge in [0.1, 0.15) is 24.6 Å². The molecule has 3 aromatic heterocycles. The number of aliphatic hydroxyl groups excluding tert-OH is 3. The number of thiophene rings is 1. The van der Waals surface area contributed by atoms with E-state index in [0.717, 1.165) is 0 Å². The standard InChI is InChI=1S/C15H16IN5O4S/c16-9-2-1-7(26-9)3-17-13-10-14(19-5-18-13)21(6-20-10)15-12(24)11(23)8(4-22)25-15/h1-2,5-6,8,11-12,15,22-24H,3-4H2,(H,17,18,19)/t8-,11-,12-,15-/m1/s1. The van der Waals surface area contributed by atoms with Crippen LogP contribution < -0.4 is 5.32 Å². The summed E-state index contributed by atoms with van der Waals surface area (Å²) in [5.74, 6) is 0.573. The van der Waals surface area contributed by atoms with E-state index in [1.807, 2.05) is 6.07 Å². The van der Waals surface area contributed by atoms with Gasteiger partial charge in [-0.25, -0.2) is 15.0 Å². The third kappa shape index (κ3) is 3.18. The first-order chi connectivity index (χ1) is 12.6. The molecule has 4 N–H and O–H groups in total. The lowest BCUT2D eigenvalue weighted by atomic mass is 10.1. The lowest BCUT2D eigenvalue weighted by Crippen LogP contribution is -2.33. The van der Waals surface area contributed by atoms with Crippen LogP contribution in [-0.2, 0) is 11.3 Å². The lowest BCUT2D eigenvalue weighted by molar-refractivity contribution is -0.0511. The summed E-state index contributed by atoms with van der Waals surface area (Å²) in [6, 6.07) is 4.10. The molecule has 4 atom stereocenters. The van der Waals surface area contributed by atoms with Crippen LogP contribution in [0.2, 0.25) is 0 Å². The second kappa shape index (κ2) is 7.32. The average molecular weight is 489 g/mol. The van der Waals surface area contributed by atoms with E-state index >= 15 is 0 Å². The SMILES string of the molecule is OC[C@H]1O[C@@H](n2cnc3c(NCc4ccc(I)s4)ncnc32)[C@H](O)[C@@H]1O. The van der Waals surface area contributed by atoms with Crippen LogP contribution in [0.3, 0.4) is 0 Å². The van der Waals surface area contributed by atoms with Crippen molar-refractivity contribution in [3.05, 3.63) is 32.5 Å². The van der Waals surface area contributed by atoms with Crippen LogP contribution in [0, 0.1) is 2.88 Å². The number of imidazole rings is 1. The zero-order chi connectivity index (χ0) is 18.3. The second-order valence-corrected chi connectivity index (χ2v) is 8.90. The van der Waals surface area contributed by atoms with Crippen molar-refractivity contribution in [1.82, 2.24) is 19.5 Å². The monoisotopic (exact) mass is 489 g/mol. The maximum atomic E-state index is 10.2. The molecule has 138 valence electrons. The van der Waals surface area contributed by atoms with Gasteiger partial charge in [0.15, 0.2) is 23.2 Å². The molecule has 0 saturated carbocycles. The van der Waals surface area contributed by atoms with Gasteiger partial charge in [0.25, 0.3) is 0 Å². The molecule has 4 rings (SSSR count). The van der Waals surface area contributed by atoms with Crippen molar-refractivity contribution in [2.24, 2.45) is 0 Å². The highest BCUT2D eigenvalue weighted by Gasteiger charge is 2.44. The highest BCUT2D eigenvalue weighted by atomic mass is 127. The summed E-state index contributed by atoms with van der Waals surface area (Å²) < 4.78 is 8.30. The van der Waals surface area contributed by atoms with Gasteiger partial charge >= 0.3 is 0 Å². The largest absolute Gasteiger partial charge is 0.394 e. The minimum atomic E-state index is -1.19. The molecule has 0 amide bonds. The Hall–Kier alpha value is -1.38. The zero-order valence-electron chi connectivity index (χ0n) is 13.4. The molecule has 0 aromatic carbocycles. The number of rotatable bonds is 5. The predicted octanol–water partition coefficient (Wildman–Crippen LogP) is 0.716. The number of anilines is 1. The molecule has 0 unspecified atom stereocenters. The van der Waals surface area contributed by atoms with Crippen molar-refractivity contribution in [2.75, 3.05) is 11.9 Å². The Bertz CT molecular complexity index is 918. The van der Waals surface area contributed by atoms with Crippen LogP contribution in [0.25, 0.3) is 11.2 Å². The summed E-state index contributed by atoms with van der Waals surface area (Å²) in [6.07, 6.45) is -1.21. The first kappa shape index (κ1) is 18.0. The molecule has 1 aliphatic rings. The first-order valence-electron chi connectivity index (χ1n) is 7.86. The van der Waals surface area contributed by atoms with E-state index in [1.165, 1.54) is 20.4 Å². The van der Waals surface area contributed by atoms with E-state index in [9.17, 15) is 15.3 Å². The van der Waals surface area contributed by atoms with E-state index in [2.05, 4.69) is 48.9 Å². The Morgan fingerprint density at radius 3 is 2.77 bits per heavy atom. The number of fused-ring (bicyclic) bond motifs is 1. The van der Waals surface area contributed by atoms with Crippen LogP contribution in [-0.4, -0.2) is 59.8 Å². The summed E-state index contributed by atoms with van der Waals surface area (Å²) in [7, 11) is 0. The van der Waals surface area contributed by atoms with Crippen molar-refractivity contribution in [1.29, 1.82) is 0 Å². The fraction of sp³-hybridized carbons (Fsp3) is 0.400. The highest BCUT2D eigenvalue weighted by Crippen LogP contribution is 2.32. The van der Waals surface area contributed by atoms with Gasteiger partial charge in [0, 0.05) is 4.88 Å². The van der Waals surface area contributed by atoms with Crippen molar-refractivity contribution in [3.63, 3.8) is 0 Å². The van der Waals surface area contributed by atoms with Gasteiger partial charge in [-0.15, -0.1) is 11.3 Å². The molecular formula is C15H16IN5O4S. The van der Waals surface area contributed by atoms with Crippen molar-refractivity contribution in [3.8, 4) is 0 Å². The summed E-state index contributed by atoms with van der Waals surface area (Å²) >= 11 is 3.97. The molecular weight excluding hydrogens is 473 g/mol. The number of aromatic nitrogens is 4. The van der Waals surface area contributed by atoms with Gasteiger partial charge in [-0.1, -0.05) is 0 Å². The molecule has 4 heterocycles. The van der Waals surface area contributed by atoms with E-state index in [4.69, 9.17) is 4.74 Å². The molecule has 0 bridgehead atoms.